The molecule has 0 saturated heterocycles. The lowest BCUT2D eigenvalue weighted by atomic mass is 10.4. The van der Waals surface area contributed by atoms with Crippen molar-refractivity contribution in [2.45, 2.75) is 13.3 Å². The maximum absolute atomic E-state index is 11.2. The molecule has 3 N–H and O–H groups in total. The summed E-state index contributed by atoms with van der Waals surface area (Å²) in [5, 5.41) is 13.8. The number of carboxylic acids is 1. The number of aromatic nitrogens is 1. The molecule has 7 nitrogen and oxygen atoms in total. The van der Waals surface area contributed by atoms with Gasteiger partial charge >= 0.3 is 5.97 Å². The number of rotatable bonds is 6. The van der Waals surface area contributed by atoms with Gasteiger partial charge in [0.05, 0.1) is 6.54 Å². The highest BCUT2D eigenvalue weighted by Gasteiger charge is 2.10. The summed E-state index contributed by atoms with van der Waals surface area (Å²) in [7, 11) is 0. The van der Waals surface area contributed by atoms with Gasteiger partial charge in [0.2, 0.25) is 5.91 Å². The molecule has 0 atom stereocenters. The first kappa shape index (κ1) is 12.0. The van der Waals surface area contributed by atoms with Crippen LogP contribution in [0.2, 0.25) is 0 Å². The maximum Gasteiger partial charge on any atom is 0.357 e. The molecule has 0 aliphatic rings. The van der Waals surface area contributed by atoms with Crippen molar-refractivity contribution in [3.63, 3.8) is 0 Å². The van der Waals surface area contributed by atoms with Gasteiger partial charge in [-0.3, -0.25) is 4.79 Å². The zero-order valence-corrected chi connectivity index (χ0v) is 8.82. The minimum Gasteiger partial charge on any atom is -0.476 e. The Kier molecular flexibility index (Phi) is 4.31. The summed E-state index contributed by atoms with van der Waals surface area (Å²) in [6.45, 7) is 2.55. The van der Waals surface area contributed by atoms with Crippen LogP contribution in [0.1, 0.15) is 23.8 Å². The molecule has 0 fully saturated rings. The van der Waals surface area contributed by atoms with E-state index in [0.717, 1.165) is 12.7 Å². The van der Waals surface area contributed by atoms with Gasteiger partial charge in [-0.25, -0.2) is 4.79 Å². The van der Waals surface area contributed by atoms with Gasteiger partial charge in [-0.2, -0.15) is 4.98 Å². The van der Waals surface area contributed by atoms with E-state index < -0.39 is 5.97 Å². The number of carbonyl (C=O) groups excluding carboxylic acids is 1. The summed E-state index contributed by atoms with van der Waals surface area (Å²) in [4.78, 5) is 25.2. The van der Waals surface area contributed by atoms with E-state index in [9.17, 15) is 9.59 Å². The van der Waals surface area contributed by atoms with Crippen LogP contribution in [0.3, 0.4) is 0 Å². The summed E-state index contributed by atoms with van der Waals surface area (Å²) in [5.74, 6) is -1.37. The number of hydrogen-bond donors (Lipinski definition) is 3. The van der Waals surface area contributed by atoms with E-state index in [4.69, 9.17) is 9.52 Å². The summed E-state index contributed by atoms with van der Waals surface area (Å²) in [6.07, 6.45) is 1.86. The highest BCUT2D eigenvalue weighted by atomic mass is 16.4. The fourth-order valence-corrected chi connectivity index (χ4v) is 0.936. The van der Waals surface area contributed by atoms with Crippen molar-refractivity contribution < 1.29 is 19.1 Å². The fourth-order valence-electron chi connectivity index (χ4n) is 0.936. The predicted molar refractivity (Wildman–Crippen MR) is 55.3 cm³/mol. The normalized spacial score (nSPS) is 9.81. The van der Waals surface area contributed by atoms with Gasteiger partial charge in [0.15, 0.2) is 5.69 Å². The van der Waals surface area contributed by atoms with Crippen LogP contribution in [0.25, 0.3) is 0 Å². The summed E-state index contributed by atoms with van der Waals surface area (Å²) < 4.78 is 4.80. The molecule has 1 aromatic heterocycles. The summed E-state index contributed by atoms with van der Waals surface area (Å²) in [5.41, 5.74) is -0.198. The third-order valence-electron chi connectivity index (χ3n) is 1.70. The Morgan fingerprint density at radius 3 is 2.88 bits per heavy atom. The van der Waals surface area contributed by atoms with E-state index in [-0.39, 0.29) is 24.2 Å². The van der Waals surface area contributed by atoms with Crippen LogP contribution >= 0.6 is 0 Å². The summed E-state index contributed by atoms with van der Waals surface area (Å²) in [6, 6.07) is 0.0176. The number of nitrogens with zero attached hydrogens (tertiary/aromatic N) is 1. The number of aromatic carboxylic acids is 1. The van der Waals surface area contributed by atoms with E-state index in [0.29, 0.717) is 6.54 Å². The Hall–Kier alpha value is -2.05. The van der Waals surface area contributed by atoms with Crippen LogP contribution in [0.5, 0.6) is 0 Å². The number of hydrogen-bond acceptors (Lipinski definition) is 5. The van der Waals surface area contributed by atoms with Gasteiger partial charge in [0.1, 0.15) is 6.26 Å². The molecule has 1 rings (SSSR count). The molecule has 0 saturated carbocycles. The fraction of sp³-hybridized carbons (Fsp3) is 0.444. The second-order valence-electron chi connectivity index (χ2n) is 3.05. The second kappa shape index (κ2) is 5.74. The van der Waals surface area contributed by atoms with Crippen molar-refractivity contribution in [1.29, 1.82) is 0 Å². The summed E-state index contributed by atoms with van der Waals surface area (Å²) >= 11 is 0. The Morgan fingerprint density at radius 2 is 2.31 bits per heavy atom. The third kappa shape index (κ3) is 3.60. The molecule has 0 bridgehead atoms. The molecule has 0 aromatic carbocycles. The molecule has 88 valence electrons. The Labute approximate surface area is 91.9 Å². The van der Waals surface area contributed by atoms with Gasteiger partial charge in [0.25, 0.3) is 6.01 Å². The minimum atomic E-state index is -1.17. The van der Waals surface area contributed by atoms with Gasteiger partial charge in [-0.15, -0.1) is 0 Å². The lowest BCUT2D eigenvalue weighted by Crippen LogP contribution is -2.30. The van der Waals surface area contributed by atoms with E-state index in [1.165, 1.54) is 0 Å². The lowest BCUT2D eigenvalue weighted by molar-refractivity contribution is -0.119. The average molecular weight is 227 g/mol. The maximum atomic E-state index is 11.2. The lowest BCUT2D eigenvalue weighted by Gasteiger charge is -2.02. The SMILES string of the molecule is CCCNC(=O)CNc1nc(C(=O)O)co1. The molecule has 0 aliphatic heterocycles. The van der Waals surface area contributed by atoms with Crippen molar-refractivity contribution in [3.8, 4) is 0 Å². The van der Waals surface area contributed by atoms with E-state index >= 15 is 0 Å². The Morgan fingerprint density at radius 1 is 1.56 bits per heavy atom. The smallest absolute Gasteiger partial charge is 0.357 e. The topological polar surface area (TPSA) is 104 Å². The number of anilines is 1. The Balaban J connectivity index is 2.36. The van der Waals surface area contributed by atoms with Crippen LogP contribution in [0.15, 0.2) is 10.7 Å². The molecule has 7 heteroatoms. The van der Waals surface area contributed by atoms with Gasteiger partial charge in [0, 0.05) is 6.54 Å². The number of amides is 1. The minimum absolute atomic E-state index is 0.000424. The molecular formula is C9H13N3O4. The number of nitrogens with one attached hydrogen (secondary N) is 2. The highest BCUT2D eigenvalue weighted by molar-refractivity contribution is 5.85. The monoisotopic (exact) mass is 227 g/mol. The first-order chi connectivity index (χ1) is 7.63. The van der Waals surface area contributed by atoms with Crippen LogP contribution in [0, 0.1) is 0 Å². The van der Waals surface area contributed by atoms with Gasteiger partial charge < -0.3 is 20.2 Å². The van der Waals surface area contributed by atoms with E-state index in [1.807, 2.05) is 6.92 Å². The second-order valence-corrected chi connectivity index (χ2v) is 3.05. The van der Waals surface area contributed by atoms with Gasteiger partial charge in [-0.05, 0) is 6.42 Å². The molecule has 0 unspecified atom stereocenters. The number of oxazole rings is 1. The average Bonchev–Trinajstić information content (AvgIpc) is 2.72. The molecule has 0 aliphatic carbocycles. The van der Waals surface area contributed by atoms with Crippen LogP contribution < -0.4 is 10.6 Å². The molecule has 1 heterocycles. The van der Waals surface area contributed by atoms with Crippen LogP contribution in [0.4, 0.5) is 6.01 Å². The molecule has 1 amide bonds. The predicted octanol–water partition coefficient (Wildman–Crippen LogP) is 0.311. The van der Waals surface area contributed by atoms with Crippen LogP contribution in [-0.2, 0) is 4.79 Å². The quantitative estimate of drug-likeness (QED) is 0.646. The first-order valence-electron chi connectivity index (χ1n) is 4.83. The molecule has 0 radical (unpaired) electrons. The zero-order valence-electron chi connectivity index (χ0n) is 8.82. The van der Waals surface area contributed by atoms with Crippen molar-refractivity contribution in [2.75, 3.05) is 18.4 Å². The standard InChI is InChI=1S/C9H13N3O4/c1-2-3-10-7(13)4-11-9-12-6(5-16-9)8(14)15/h5H,2-4H2,1H3,(H,10,13)(H,11,12)(H,14,15). The molecule has 1 aromatic rings. The van der Waals surface area contributed by atoms with E-state index in [2.05, 4.69) is 15.6 Å². The zero-order chi connectivity index (χ0) is 12.0. The van der Waals surface area contributed by atoms with Crippen LogP contribution in [-0.4, -0.2) is 35.1 Å². The molecule has 0 spiro atoms. The van der Waals surface area contributed by atoms with Gasteiger partial charge in [-0.1, -0.05) is 6.92 Å². The molecule has 16 heavy (non-hydrogen) atoms. The number of carboxylic acid groups (broad SMARTS) is 1. The third-order valence-corrected chi connectivity index (χ3v) is 1.70. The number of carbonyl (C=O) groups is 2. The van der Waals surface area contributed by atoms with E-state index in [1.54, 1.807) is 0 Å². The molecular weight excluding hydrogens is 214 g/mol. The largest absolute Gasteiger partial charge is 0.476 e. The first-order valence-corrected chi connectivity index (χ1v) is 4.83. The van der Waals surface area contributed by atoms with Crippen molar-refractivity contribution >= 4 is 17.9 Å². The van der Waals surface area contributed by atoms with Crippen molar-refractivity contribution in [2.24, 2.45) is 0 Å². The van der Waals surface area contributed by atoms with Crippen molar-refractivity contribution in [3.05, 3.63) is 12.0 Å². The van der Waals surface area contributed by atoms with Crippen molar-refractivity contribution in [1.82, 2.24) is 10.3 Å². The highest BCUT2D eigenvalue weighted by Crippen LogP contribution is 2.06. The Bertz CT molecular complexity index is 375.